The third kappa shape index (κ3) is 5.41. The molecule has 0 aromatic heterocycles. The van der Waals surface area contributed by atoms with Crippen LogP contribution in [0.5, 0.6) is 5.75 Å². The van der Waals surface area contributed by atoms with E-state index in [2.05, 4.69) is 0 Å². The fraction of sp³-hybridized carbons (Fsp3) is 0.250. The van der Waals surface area contributed by atoms with Crippen molar-refractivity contribution in [2.24, 2.45) is 0 Å². The molecule has 7 heteroatoms. The molecule has 0 saturated carbocycles. The van der Waals surface area contributed by atoms with Crippen LogP contribution in [0.2, 0.25) is 0 Å². The first-order valence-corrected chi connectivity index (χ1v) is 5.29. The van der Waals surface area contributed by atoms with E-state index in [0.717, 1.165) is 0 Å². The van der Waals surface area contributed by atoms with Crippen LogP contribution in [0, 0.1) is 0 Å². The first-order chi connectivity index (χ1) is 6.54. The molecule has 80 valence electrons. The van der Waals surface area contributed by atoms with Gasteiger partial charge in [0, 0.05) is 0 Å². The zero-order valence-electron chi connectivity index (χ0n) is 9.25. The zero-order chi connectivity index (χ0) is 10.6. The summed E-state index contributed by atoms with van der Waals surface area (Å²) in [6.07, 6.45) is 0. The average molecular weight is 258 g/mol. The van der Waals surface area contributed by atoms with Gasteiger partial charge in [-0.1, -0.05) is 0 Å². The number of hydrogen-bond donors (Lipinski definition) is 2. The summed E-state index contributed by atoms with van der Waals surface area (Å²) in [5.41, 5.74) is 0. The van der Waals surface area contributed by atoms with Crippen LogP contribution in [-0.4, -0.2) is 31.3 Å². The molecular weight excluding hydrogens is 247 g/mol. The molecule has 0 bridgehead atoms. The Labute approximate surface area is 132 Å². The first kappa shape index (κ1) is 15.5. The van der Waals surface area contributed by atoms with Gasteiger partial charge in [0.25, 0.3) is 10.1 Å². The van der Waals surface area contributed by atoms with Gasteiger partial charge < -0.3 is 11.3 Å². The summed E-state index contributed by atoms with van der Waals surface area (Å²) in [5.74, 6) is 0.437. The molecule has 1 aromatic carbocycles. The van der Waals surface area contributed by atoms with Gasteiger partial charge in [0.1, 0.15) is 12.4 Å². The average Bonchev–Trinajstić information content (AvgIpc) is 2.14. The van der Waals surface area contributed by atoms with E-state index in [4.69, 9.17) is 14.4 Å². The second-order valence-electron chi connectivity index (χ2n) is 2.52. The first-order valence-electron chi connectivity index (χ1n) is 3.85. The normalized spacial score (nSPS) is 10.5. The Bertz CT molecular complexity index is 391. The van der Waals surface area contributed by atoms with Crippen LogP contribution in [0.3, 0.4) is 0 Å². The minimum atomic E-state index is -4.15. The van der Waals surface area contributed by atoms with E-state index in [1.54, 1.807) is 0 Å². The SMILES string of the molecule is O=S(=O)(O)c1ccc(OCCO)cc1.[H-].[K+]. The summed E-state index contributed by atoms with van der Waals surface area (Å²) in [6.45, 7) is 0.0330. The third-order valence-electron chi connectivity index (χ3n) is 1.48. The molecule has 0 unspecified atom stereocenters. The standard InChI is InChI=1S/C8H10O5S.K.H/c9-5-6-13-7-1-3-8(4-2-7)14(10,11)12;;/h1-4,9H,5-6H2,(H,10,11,12);;/q;+1;-1. The Balaban J connectivity index is 0. The fourth-order valence-electron chi connectivity index (χ4n) is 0.871. The molecule has 0 radical (unpaired) electrons. The molecule has 15 heavy (non-hydrogen) atoms. The number of benzene rings is 1. The Kier molecular flexibility index (Phi) is 7.22. The fourth-order valence-corrected chi connectivity index (χ4v) is 1.35. The van der Waals surface area contributed by atoms with Crippen molar-refractivity contribution in [2.75, 3.05) is 13.2 Å². The van der Waals surface area contributed by atoms with Crippen molar-refractivity contribution in [1.82, 2.24) is 0 Å². The molecule has 0 amide bonds. The summed E-state index contributed by atoms with van der Waals surface area (Å²) >= 11 is 0. The molecule has 0 aliphatic rings. The third-order valence-corrected chi connectivity index (χ3v) is 2.35. The van der Waals surface area contributed by atoms with Crippen LogP contribution < -0.4 is 56.1 Å². The predicted molar refractivity (Wildman–Crippen MR) is 49.9 cm³/mol. The van der Waals surface area contributed by atoms with E-state index >= 15 is 0 Å². The second-order valence-corrected chi connectivity index (χ2v) is 3.94. The second kappa shape index (κ2) is 6.97. The molecule has 2 N–H and O–H groups in total. The van der Waals surface area contributed by atoms with Gasteiger partial charge in [0.2, 0.25) is 0 Å². The zero-order valence-corrected chi connectivity index (χ0v) is 12.2. The number of aliphatic hydroxyl groups excluding tert-OH is 1. The van der Waals surface area contributed by atoms with Crippen molar-refractivity contribution in [1.29, 1.82) is 0 Å². The number of rotatable bonds is 4. The van der Waals surface area contributed by atoms with Gasteiger partial charge in [-0.2, -0.15) is 8.42 Å². The summed E-state index contributed by atoms with van der Waals surface area (Å²) in [7, 11) is -4.15. The summed E-state index contributed by atoms with van der Waals surface area (Å²) in [4.78, 5) is -0.186. The van der Waals surface area contributed by atoms with Gasteiger partial charge in [-0.15, -0.1) is 0 Å². The van der Waals surface area contributed by atoms with E-state index in [1.807, 2.05) is 0 Å². The summed E-state index contributed by atoms with van der Waals surface area (Å²) in [5, 5.41) is 8.45. The predicted octanol–water partition coefficient (Wildman–Crippen LogP) is -2.58. The van der Waals surface area contributed by atoms with E-state index < -0.39 is 10.1 Å². The smallest absolute Gasteiger partial charge is 1.00 e. The van der Waals surface area contributed by atoms with Crippen molar-refractivity contribution >= 4 is 10.1 Å². The molecule has 0 saturated heterocycles. The van der Waals surface area contributed by atoms with Crippen molar-refractivity contribution < 1.29 is 75.6 Å². The molecule has 5 nitrogen and oxygen atoms in total. The Morgan fingerprint density at radius 1 is 1.27 bits per heavy atom. The van der Waals surface area contributed by atoms with Crippen LogP contribution in [0.25, 0.3) is 0 Å². The van der Waals surface area contributed by atoms with Crippen molar-refractivity contribution in [3.05, 3.63) is 24.3 Å². The molecule has 0 aliphatic heterocycles. The van der Waals surface area contributed by atoms with Crippen LogP contribution in [0.1, 0.15) is 1.43 Å². The maximum absolute atomic E-state index is 10.6. The van der Waals surface area contributed by atoms with Crippen molar-refractivity contribution in [2.45, 2.75) is 4.90 Å². The van der Waals surface area contributed by atoms with Crippen LogP contribution in [0.15, 0.2) is 29.2 Å². The Morgan fingerprint density at radius 2 is 1.80 bits per heavy atom. The van der Waals surface area contributed by atoms with Crippen LogP contribution >= 0.6 is 0 Å². The summed E-state index contributed by atoms with van der Waals surface area (Å²) < 4.78 is 34.9. The molecule has 1 rings (SSSR count). The molecule has 1 aromatic rings. The van der Waals surface area contributed by atoms with Crippen molar-refractivity contribution in [3.8, 4) is 5.75 Å². The van der Waals surface area contributed by atoms with E-state index in [1.165, 1.54) is 24.3 Å². The molecule has 0 spiro atoms. The maximum Gasteiger partial charge on any atom is 1.00 e. The van der Waals surface area contributed by atoms with Gasteiger partial charge in [0.15, 0.2) is 0 Å². The van der Waals surface area contributed by atoms with Gasteiger partial charge in [-0.25, -0.2) is 0 Å². The number of ether oxygens (including phenoxy) is 1. The minimum Gasteiger partial charge on any atom is -1.00 e. The molecule has 0 heterocycles. The molecule has 0 fully saturated rings. The molecular formula is C8H11KO5S. The largest absolute Gasteiger partial charge is 1.00 e. The van der Waals surface area contributed by atoms with Crippen LogP contribution in [0.4, 0.5) is 0 Å². The van der Waals surface area contributed by atoms with Crippen molar-refractivity contribution in [3.63, 3.8) is 0 Å². The van der Waals surface area contributed by atoms with Crippen LogP contribution in [-0.2, 0) is 10.1 Å². The van der Waals surface area contributed by atoms with Gasteiger partial charge in [-0.3, -0.25) is 4.55 Å². The molecule has 0 atom stereocenters. The Hall–Kier alpha value is 0.526. The minimum absolute atomic E-state index is 0. The van der Waals surface area contributed by atoms with Gasteiger partial charge in [-0.05, 0) is 24.3 Å². The maximum atomic E-state index is 10.6. The quantitative estimate of drug-likeness (QED) is 0.458. The topological polar surface area (TPSA) is 83.8 Å². The van der Waals surface area contributed by atoms with Gasteiger partial charge in [0.05, 0.1) is 11.5 Å². The van der Waals surface area contributed by atoms with E-state index in [-0.39, 0.29) is 70.9 Å². The van der Waals surface area contributed by atoms with E-state index in [0.29, 0.717) is 5.75 Å². The van der Waals surface area contributed by atoms with E-state index in [9.17, 15) is 8.42 Å². The van der Waals surface area contributed by atoms with Gasteiger partial charge >= 0.3 is 51.4 Å². The number of hydrogen-bond acceptors (Lipinski definition) is 4. The monoisotopic (exact) mass is 258 g/mol. The number of aliphatic hydroxyl groups is 1. The molecule has 0 aliphatic carbocycles. The summed E-state index contributed by atoms with van der Waals surface area (Å²) in [6, 6.07) is 5.25. The Morgan fingerprint density at radius 3 is 2.20 bits per heavy atom.